The number of furan rings is 1. The van der Waals surface area contributed by atoms with Crippen molar-refractivity contribution in [2.45, 2.75) is 71.6 Å². The molecule has 1 saturated heterocycles. The first-order chi connectivity index (χ1) is 17.6. The summed E-state index contributed by atoms with van der Waals surface area (Å²) in [4.78, 5) is 27.5. The summed E-state index contributed by atoms with van der Waals surface area (Å²) in [5.41, 5.74) is 2.04. The number of ether oxygens (including phenoxy) is 2. The molecular weight excluding hydrogens is 468 g/mol. The number of fused-ring (bicyclic) bond motifs is 1. The van der Waals surface area contributed by atoms with Crippen LogP contribution in [0.15, 0.2) is 52.9 Å². The second-order valence-corrected chi connectivity index (χ2v) is 11.5. The largest absolute Gasteiger partial charge is 0.489 e. The molecule has 0 bridgehead atoms. The fourth-order valence-electron chi connectivity index (χ4n) is 5.56. The van der Waals surface area contributed by atoms with Crippen LogP contribution in [0.3, 0.4) is 0 Å². The van der Waals surface area contributed by atoms with Gasteiger partial charge in [0, 0.05) is 24.5 Å². The summed E-state index contributed by atoms with van der Waals surface area (Å²) in [6.07, 6.45) is 3.51. The van der Waals surface area contributed by atoms with Crippen molar-refractivity contribution in [3.63, 3.8) is 0 Å². The zero-order chi connectivity index (χ0) is 26.2. The fourth-order valence-corrected chi connectivity index (χ4v) is 5.56. The van der Waals surface area contributed by atoms with E-state index in [2.05, 4.69) is 5.32 Å². The topological polar surface area (TPSA) is 81.0 Å². The molecule has 1 aromatic heterocycles. The van der Waals surface area contributed by atoms with Crippen LogP contribution in [0.4, 0.5) is 4.79 Å². The number of amides is 2. The quantitative estimate of drug-likeness (QED) is 0.445. The molecule has 2 aliphatic rings. The molecule has 5 rings (SSSR count). The molecule has 1 aliphatic carbocycles. The van der Waals surface area contributed by atoms with Crippen LogP contribution in [0, 0.1) is 12.3 Å². The van der Waals surface area contributed by atoms with Gasteiger partial charge in [0.05, 0.1) is 5.56 Å². The molecule has 2 aromatic carbocycles. The third-order valence-electron chi connectivity index (χ3n) is 7.48. The fraction of sp³-hybridized carbons (Fsp3) is 0.467. The van der Waals surface area contributed by atoms with Gasteiger partial charge in [0.25, 0.3) is 5.91 Å². The Morgan fingerprint density at radius 3 is 2.46 bits per heavy atom. The number of aryl methyl sites for hydroxylation is 1. The van der Waals surface area contributed by atoms with Gasteiger partial charge in [-0.25, -0.2) is 4.79 Å². The van der Waals surface area contributed by atoms with Crippen LogP contribution >= 0.6 is 0 Å². The minimum Gasteiger partial charge on any atom is -0.489 e. The van der Waals surface area contributed by atoms with Gasteiger partial charge in [0.2, 0.25) is 0 Å². The first-order valence-corrected chi connectivity index (χ1v) is 13.1. The monoisotopic (exact) mass is 504 g/mol. The predicted molar refractivity (Wildman–Crippen MR) is 142 cm³/mol. The van der Waals surface area contributed by atoms with Crippen LogP contribution in [0.2, 0.25) is 0 Å². The van der Waals surface area contributed by atoms with Crippen LogP contribution in [-0.2, 0) is 11.3 Å². The molecule has 1 aliphatic heterocycles. The van der Waals surface area contributed by atoms with Crippen LogP contribution in [0.1, 0.15) is 68.1 Å². The highest BCUT2D eigenvalue weighted by Crippen LogP contribution is 2.49. The number of benzene rings is 2. The van der Waals surface area contributed by atoms with E-state index in [4.69, 9.17) is 13.9 Å². The molecular formula is C30H36N2O5. The van der Waals surface area contributed by atoms with Gasteiger partial charge in [0.1, 0.15) is 29.3 Å². The van der Waals surface area contributed by atoms with Gasteiger partial charge in [-0.3, -0.25) is 4.79 Å². The zero-order valence-electron chi connectivity index (χ0n) is 22.1. The van der Waals surface area contributed by atoms with E-state index in [0.29, 0.717) is 42.4 Å². The molecule has 7 heteroatoms. The van der Waals surface area contributed by atoms with Crippen LogP contribution in [0.25, 0.3) is 11.0 Å². The number of rotatable bonds is 5. The van der Waals surface area contributed by atoms with E-state index in [1.807, 2.05) is 76.2 Å². The van der Waals surface area contributed by atoms with Gasteiger partial charge in [-0.15, -0.1) is 0 Å². The van der Waals surface area contributed by atoms with Gasteiger partial charge in [-0.2, -0.15) is 0 Å². The van der Waals surface area contributed by atoms with Crippen molar-refractivity contribution in [2.75, 3.05) is 13.1 Å². The van der Waals surface area contributed by atoms with Crippen molar-refractivity contribution < 1.29 is 23.5 Å². The SMILES string of the molecule is Cc1oc2ccc(OCc3ccccc3)cc2c1C(=O)NC1CC2(CCN(C(=O)OC(C)(C)C)CC2)C1. The third-order valence-corrected chi connectivity index (χ3v) is 7.48. The lowest BCUT2D eigenvalue weighted by Gasteiger charge is -2.52. The molecule has 2 fully saturated rings. The lowest BCUT2D eigenvalue weighted by molar-refractivity contribution is -0.0151. The predicted octanol–water partition coefficient (Wildman–Crippen LogP) is 6.23. The maximum absolute atomic E-state index is 13.3. The van der Waals surface area contributed by atoms with E-state index < -0.39 is 5.60 Å². The molecule has 0 unspecified atom stereocenters. The Hall–Kier alpha value is -3.48. The summed E-state index contributed by atoms with van der Waals surface area (Å²) >= 11 is 0. The van der Waals surface area contributed by atoms with Crippen molar-refractivity contribution in [3.8, 4) is 5.75 Å². The highest BCUT2D eigenvalue weighted by Gasteiger charge is 2.47. The van der Waals surface area contributed by atoms with E-state index in [0.717, 1.165) is 36.6 Å². The summed E-state index contributed by atoms with van der Waals surface area (Å²) in [7, 11) is 0. The number of nitrogens with zero attached hydrogens (tertiary/aromatic N) is 1. The highest BCUT2D eigenvalue weighted by atomic mass is 16.6. The Balaban J connectivity index is 1.18. The average Bonchev–Trinajstić information content (AvgIpc) is 3.16. The van der Waals surface area contributed by atoms with Crippen molar-refractivity contribution in [3.05, 3.63) is 65.4 Å². The first kappa shape index (κ1) is 25.2. The van der Waals surface area contributed by atoms with E-state index in [9.17, 15) is 9.59 Å². The minimum absolute atomic E-state index is 0.109. The molecule has 7 nitrogen and oxygen atoms in total. The van der Waals surface area contributed by atoms with Crippen LogP contribution in [-0.4, -0.2) is 41.6 Å². The van der Waals surface area contributed by atoms with Crippen molar-refractivity contribution in [1.29, 1.82) is 0 Å². The summed E-state index contributed by atoms with van der Waals surface area (Å²) < 4.78 is 17.4. The second kappa shape index (κ2) is 9.77. The summed E-state index contributed by atoms with van der Waals surface area (Å²) in [6, 6.07) is 15.7. The number of carbonyl (C=O) groups is 2. The number of hydrogen-bond acceptors (Lipinski definition) is 5. The molecule has 0 radical (unpaired) electrons. The standard InChI is InChI=1S/C30H36N2O5/c1-20-26(24-16-23(10-11-25(24)36-20)35-19-21-8-6-5-7-9-21)27(33)31-22-17-30(18-22)12-14-32(15-13-30)28(34)37-29(2,3)4/h5-11,16,22H,12-15,17-19H2,1-4H3,(H,31,33). The van der Waals surface area contributed by atoms with Crippen LogP contribution < -0.4 is 10.1 Å². The van der Waals surface area contributed by atoms with E-state index in [1.54, 1.807) is 4.90 Å². The summed E-state index contributed by atoms with van der Waals surface area (Å²) in [5, 5.41) is 3.98. The maximum Gasteiger partial charge on any atom is 0.410 e. The van der Waals surface area contributed by atoms with Gasteiger partial charge in [-0.05, 0) is 82.6 Å². The Morgan fingerprint density at radius 2 is 1.78 bits per heavy atom. The molecule has 37 heavy (non-hydrogen) atoms. The molecule has 3 aromatic rings. The molecule has 1 spiro atoms. The second-order valence-electron chi connectivity index (χ2n) is 11.5. The van der Waals surface area contributed by atoms with Gasteiger partial charge < -0.3 is 24.1 Å². The number of carbonyl (C=O) groups excluding carboxylic acids is 2. The zero-order valence-corrected chi connectivity index (χ0v) is 22.1. The van der Waals surface area contributed by atoms with Crippen molar-refractivity contribution in [2.24, 2.45) is 5.41 Å². The molecule has 2 amide bonds. The first-order valence-electron chi connectivity index (χ1n) is 13.1. The van der Waals surface area contributed by atoms with Gasteiger partial charge >= 0.3 is 6.09 Å². The number of likely N-dealkylation sites (tertiary alicyclic amines) is 1. The Morgan fingerprint density at radius 1 is 1.08 bits per heavy atom. The Kier molecular flexibility index (Phi) is 6.65. The lowest BCUT2D eigenvalue weighted by Crippen LogP contribution is -2.55. The molecule has 2 heterocycles. The molecule has 0 atom stereocenters. The van der Waals surface area contributed by atoms with Crippen LogP contribution in [0.5, 0.6) is 5.75 Å². The minimum atomic E-state index is -0.484. The van der Waals surface area contributed by atoms with Crippen molar-refractivity contribution >= 4 is 23.0 Å². The van der Waals surface area contributed by atoms with E-state index in [1.165, 1.54) is 0 Å². The summed E-state index contributed by atoms with van der Waals surface area (Å²) in [6.45, 7) is 9.35. The summed E-state index contributed by atoms with van der Waals surface area (Å²) in [5.74, 6) is 1.19. The Bertz CT molecular complexity index is 1270. The molecule has 196 valence electrons. The number of nitrogens with one attached hydrogen (secondary N) is 1. The highest BCUT2D eigenvalue weighted by molar-refractivity contribution is 6.07. The molecule has 1 saturated carbocycles. The number of hydrogen-bond donors (Lipinski definition) is 1. The van der Waals surface area contributed by atoms with Gasteiger partial charge in [-0.1, -0.05) is 30.3 Å². The molecule has 1 N–H and O–H groups in total. The third kappa shape index (κ3) is 5.60. The van der Waals surface area contributed by atoms with E-state index >= 15 is 0 Å². The Labute approximate surface area is 218 Å². The smallest absolute Gasteiger partial charge is 0.410 e. The lowest BCUT2D eigenvalue weighted by atomic mass is 9.60. The normalized spacial score (nSPS) is 17.5. The van der Waals surface area contributed by atoms with Gasteiger partial charge in [0.15, 0.2) is 0 Å². The average molecular weight is 505 g/mol. The maximum atomic E-state index is 13.3. The van der Waals surface area contributed by atoms with E-state index in [-0.39, 0.29) is 23.5 Å². The van der Waals surface area contributed by atoms with Crippen molar-refractivity contribution in [1.82, 2.24) is 10.2 Å². The number of piperidine rings is 1.